The summed E-state index contributed by atoms with van der Waals surface area (Å²) in [6.07, 6.45) is 0. The maximum atomic E-state index is 6.50. The van der Waals surface area contributed by atoms with Gasteiger partial charge in [-0.3, -0.25) is 0 Å². The molecule has 0 aliphatic heterocycles. The Labute approximate surface area is 310 Å². The number of rotatable bonds is 6. The van der Waals surface area contributed by atoms with Crippen LogP contribution in [0, 0.1) is 0 Å². The summed E-state index contributed by atoms with van der Waals surface area (Å²) >= 11 is 0. The number of hydrogen-bond acceptors (Lipinski definition) is 2. The van der Waals surface area contributed by atoms with Crippen molar-refractivity contribution >= 4 is 39.0 Å². The molecule has 2 nitrogen and oxygen atoms in total. The molecule has 0 saturated carbocycles. The summed E-state index contributed by atoms with van der Waals surface area (Å²) < 4.78 is 6.50. The molecule has 0 radical (unpaired) electrons. The molecule has 10 rings (SSSR count). The normalized spacial score (nSPS) is 12.9. The van der Waals surface area contributed by atoms with Crippen molar-refractivity contribution in [2.45, 2.75) is 19.3 Å². The van der Waals surface area contributed by atoms with Crippen molar-refractivity contribution in [3.63, 3.8) is 0 Å². The maximum Gasteiger partial charge on any atom is 0.143 e. The fourth-order valence-corrected chi connectivity index (χ4v) is 8.45. The van der Waals surface area contributed by atoms with E-state index in [0.717, 1.165) is 50.1 Å². The average molecular weight is 680 g/mol. The van der Waals surface area contributed by atoms with E-state index >= 15 is 0 Å². The van der Waals surface area contributed by atoms with Crippen LogP contribution in [0.15, 0.2) is 192 Å². The molecule has 1 aliphatic rings. The molecular formula is C51H37NO. The van der Waals surface area contributed by atoms with Gasteiger partial charge in [0.05, 0.1) is 5.69 Å². The largest absolute Gasteiger partial charge is 0.455 e. The van der Waals surface area contributed by atoms with Crippen LogP contribution in [0.3, 0.4) is 0 Å². The Bertz CT molecular complexity index is 2810. The SMILES string of the molecule is CC1(C)c2ccccc2-c2cc(-c3ccccc3N(c3ccc(-c4ccccc4)cc3)c3cccc(-c4cccc5c4oc4ccccc45)c3)ccc21. The molecule has 9 aromatic rings. The van der Waals surface area contributed by atoms with E-state index in [1.807, 2.05) is 12.1 Å². The smallest absolute Gasteiger partial charge is 0.143 e. The zero-order valence-electron chi connectivity index (χ0n) is 29.8. The van der Waals surface area contributed by atoms with Crippen molar-refractivity contribution in [2.24, 2.45) is 0 Å². The van der Waals surface area contributed by atoms with E-state index in [-0.39, 0.29) is 5.41 Å². The first-order valence-corrected chi connectivity index (χ1v) is 18.3. The highest BCUT2D eigenvalue weighted by atomic mass is 16.3. The van der Waals surface area contributed by atoms with Crippen LogP contribution >= 0.6 is 0 Å². The predicted octanol–water partition coefficient (Wildman–Crippen LogP) is 14.4. The van der Waals surface area contributed by atoms with Crippen LogP contribution in [0.25, 0.3) is 66.4 Å². The highest BCUT2D eigenvalue weighted by Crippen LogP contribution is 2.51. The van der Waals surface area contributed by atoms with Gasteiger partial charge in [0.2, 0.25) is 0 Å². The molecule has 0 fully saturated rings. The van der Waals surface area contributed by atoms with Crippen molar-refractivity contribution in [3.8, 4) is 44.5 Å². The molecular weight excluding hydrogens is 643 g/mol. The summed E-state index contributed by atoms with van der Waals surface area (Å²) in [4.78, 5) is 2.40. The minimum Gasteiger partial charge on any atom is -0.455 e. The van der Waals surface area contributed by atoms with Crippen LogP contribution in [-0.4, -0.2) is 0 Å². The summed E-state index contributed by atoms with van der Waals surface area (Å²) in [5.74, 6) is 0. The van der Waals surface area contributed by atoms with Gasteiger partial charge in [0, 0.05) is 38.7 Å². The van der Waals surface area contributed by atoms with E-state index in [2.05, 4.69) is 195 Å². The van der Waals surface area contributed by atoms with Gasteiger partial charge in [-0.25, -0.2) is 0 Å². The van der Waals surface area contributed by atoms with Gasteiger partial charge in [-0.15, -0.1) is 0 Å². The topological polar surface area (TPSA) is 16.4 Å². The van der Waals surface area contributed by atoms with Gasteiger partial charge in [-0.2, -0.15) is 0 Å². The fourth-order valence-electron chi connectivity index (χ4n) is 8.45. The van der Waals surface area contributed by atoms with E-state index in [1.54, 1.807) is 0 Å². The van der Waals surface area contributed by atoms with E-state index in [0.29, 0.717) is 0 Å². The Hall–Kier alpha value is -6.64. The lowest BCUT2D eigenvalue weighted by atomic mass is 9.82. The summed E-state index contributed by atoms with van der Waals surface area (Å²) in [6, 6.07) is 67.9. The molecule has 0 N–H and O–H groups in total. The number of hydrogen-bond donors (Lipinski definition) is 0. The molecule has 0 unspecified atom stereocenters. The van der Waals surface area contributed by atoms with Gasteiger partial charge in [-0.05, 0) is 87.0 Å². The zero-order chi connectivity index (χ0) is 35.5. The number of para-hydroxylation sites is 3. The van der Waals surface area contributed by atoms with Crippen LogP contribution in [-0.2, 0) is 5.41 Å². The number of benzene rings is 8. The van der Waals surface area contributed by atoms with Crippen molar-refractivity contribution in [3.05, 3.63) is 199 Å². The standard InChI is InChI=1S/C51H37NO/c1-51(2)46-23-9-6-19-42(46)45-33-37(28-31-47(45)51)40-18-7-10-24-48(40)52(38-29-26-35(27-30-38)34-14-4-3-5-15-34)39-17-12-16-36(32-39)41-21-13-22-44-43-20-8-11-25-49(43)53-50(41)44/h3-33H,1-2H3. The van der Waals surface area contributed by atoms with Crippen molar-refractivity contribution in [1.82, 2.24) is 0 Å². The van der Waals surface area contributed by atoms with E-state index in [1.165, 1.54) is 44.5 Å². The van der Waals surface area contributed by atoms with Crippen molar-refractivity contribution < 1.29 is 4.42 Å². The summed E-state index contributed by atoms with van der Waals surface area (Å²) in [5, 5.41) is 2.26. The predicted molar refractivity (Wildman–Crippen MR) is 222 cm³/mol. The third-order valence-corrected chi connectivity index (χ3v) is 11.1. The summed E-state index contributed by atoms with van der Waals surface area (Å²) in [5.41, 5.74) is 17.4. The van der Waals surface area contributed by atoms with Gasteiger partial charge < -0.3 is 9.32 Å². The summed E-state index contributed by atoms with van der Waals surface area (Å²) in [6.45, 7) is 4.68. The molecule has 1 aliphatic carbocycles. The van der Waals surface area contributed by atoms with Gasteiger partial charge in [0.1, 0.15) is 11.2 Å². The first-order chi connectivity index (χ1) is 26.0. The lowest BCUT2D eigenvalue weighted by Crippen LogP contribution is -2.14. The first-order valence-electron chi connectivity index (χ1n) is 18.3. The number of nitrogens with zero attached hydrogens (tertiary/aromatic N) is 1. The van der Waals surface area contributed by atoms with Crippen molar-refractivity contribution in [1.29, 1.82) is 0 Å². The van der Waals surface area contributed by atoms with Gasteiger partial charge in [-0.1, -0.05) is 159 Å². The van der Waals surface area contributed by atoms with E-state index in [4.69, 9.17) is 4.42 Å². The molecule has 2 heteroatoms. The van der Waals surface area contributed by atoms with Gasteiger partial charge in [0.15, 0.2) is 0 Å². The molecule has 252 valence electrons. The number of anilines is 3. The van der Waals surface area contributed by atoms with E-state index < -0.39 is 0 Å². The van der Waals surface area contributed by atoms with Gasteiger partial charge in [0.25, 0.3) is 0 Å². The molecule has 0 saturated heterocycles. The minimum absolute atomic E-state index is 0.0420. The Morgan fingerprint density at radius 3 is 1.87 bits per heavy atom. The molecule has 1 heterocycles. The van der Waals surface area contributed by atoms with E-state index in [9.17, 15) is 0 Å². The molecule has 1 aromatic heterocycles. The number of furan rings is 1. The quantitative estimate of drug-likeness (QED) is 0.174. The number of fused-ring (bicyclic) bond motifs is 6. The molecule has 0 spiro atoms. The van der Waals surface area contributed by atoms with Crippen LogP contribution in [0.2, 0.25) is 0 Å². The van der Waals surface area contributed by atoms with Crippen LogP contribution < -0.4 is 4.90 Å². The first kappa shape index (κ1) is 31.1. The minimum atomic E-state index is -0.0420. The molecule has 0 amide bonds. The Morgan fingerprint density at radius 2 is 1.00 bits per heavy atom. The lowest BCUT2D eigenvalue weighted by molar-refractivity contribution is 0.660. The molecule has 53 heavy (non-hydrogen) atoms. The second-order valence-electron chi connectivity index (χ2n) is 14.5. The average Bonchev–Trinajstić information content (AvgIpc) is 3.71. The van der Waals surface area contributed by atoms with Crippen LogP contribution in [0.4, 0.5) is 17.1 Å². The molecule has 0 bridgehead atoms. The Kier molecular flexibility index (Phi) is 7.19. The van der Waals surface area contributed by atoms with Crippen LogP contribution in [0.5, 0.6) is 0 Å². The lowest BCUT2D eigenvalue weighted by Gasteiger charge is -2.29. The Balaban J connectivity index is 1.15. The monoisotopic (exact) mass is 679 g/mol. The second kappa shape index (κ2) is 12.3. The highest BCUT2D eigenvalue weighted by molar-refractivity contribution is 6.09. The highest BCUT2D eigenvalue weighted by Gasteiger charge is 2.35. The second-order valence-corrected chi connectivity index (χ2v) is 14.5. The third-order valence-electron chi connectivity index (χ3n) is 11.1. The van der Waals surface area contributed by atoms with Crippen LogP contribution in [0.1, 0.15) is 25.0 Å². The summed E-state index contributed by atoms with van der Waals surface area (Å²) in [7, 11) is 0. The Morgan fingerprint density at radius 1 is 0.396 bits per heavy atom. The molecule has 0 atom stereocenters. The fraction of sp³-hybridized carbons (Fsp3) is 0.0588. The van der Waals surface area contributed by atoms with Gasteiger partial charge >= 0.3 is 0 Å². The zero-order valence-corrected chi connectivity index (χ0v) is 29.8. The molecule has 8 aromatic carbocycles. The third kappa shape index (κ3) is 5.10. The van der Waals surface area contributed by atoms with Crippen molar-refractivity contribution in [2.75, 3.05) is 4.90 Å². The maximum absolute atomic E-state index is 6.50.